The maximum Gasteiger partial charge on any atom is 0.218 e. The summed E-state index contributed by atoms with van der Waals surface area (Å²) >= 11 is 0. The zero-order valence-electron chi connectivity index (χ0n) is 9.43. The fraction of sp³-hybridized carbons (Fsp3) is 0.818. The third kappa shape index (κ3) is 1.95. The van der Waals surface area contributed by atoms with E-state index in [1.165, 1.54) is 0 Å². The molecule has 15 heavy (non-hydrogen) atoms. The van der Waals surface area contributed by atoms with Crippen molar-refractivity contribution in [3.05, 3.63) is 12.2 Å². The Bertz CT molecular complexity index is 251. The van der Waals surface area contributed by atoms with E-state index in [2.05, 4.69) is 13.8 Å². The molecule has 2 aliphatic heterocycles. The first-order valence-electron chi connectivity index (χ1n) is 5.33. The SMILES string of the molecule is COC1C=CC2(OCCOC2C(C)C)O1. The highest BCUT2D eigenvalue weighted by Gasteiger charge is 2.48. The molecule has 0 aromatic rings. The highest BCUT2D eigenvalue weighted by atomic mass is 16.8. The maximum absolute atomic E-state index is 5.73. The van der Waals surface area contributed by atoms with E-state index in [-0.39, 0.29) is 12.4 Å². The highest BCUT2D eigenvalue weighted by molar-refractivity contribution is 5.10. The van der Waals surface area contributed by atoms with Gasteiger partial charge in [0.25, 0.3) is 0 Å². The van der Waals surface area contributed by atoms with Crippen molar-refractivity contribution in [3.8, 4) is 0 Å². The van der Waals surface area contributed by atoms with E-state index in [1.807, 2.05) is 12.2 Å². The van der Waals surface area contributed by atoms with Crippen molar-refractivity contribution in [1.82, 2.24) is 0 Å². The molecule has 0 amide bonds. The highest BCUT2D eigenvalue weighted by Crippen LogP contribution is 2.36. The van der Waals surface area contributed by atoms with E-state index in [0.29, 0.717) is 19.1 Å². The third-order valence-electron chi connectivity index (χ3n) is 2.73. The first-order chi connectivity index (χ1) is 7.18. The van der Waals surface area contributed by atoms with Gasteiger partial charge in [0.05, 0.1) is 13.2 Å². The number of methoxy groups -OCH3 is 1. The molecule has 0 bridgehead atoms. The molecule has 3 atom stereocenters. The van der Waals surface area contributed by atoms with Gasteiger partial charge < -0.3 is 18.9 Å². The first kappa shape index (κ1) is 11.1. The number of ether oxygens (including phenoxy) is 4. The minimum absolute atomic E-state index is 0.0670. The molecule has 0 N–H and O–H groups in total. The van der Waals surface area contributed by atoms with E-state index in [1.54, 1.807) is 7.11 Å². The topological polar surface area (TPSA) is 36.9 Å². The van der Waals surface area contributed by atoms with Gasteiger partial charge in [-0.15, -0.1) is 0 Å². The Morgan fingerprint density at radius 1 is 1.40 bits per heavy atom. The van der Waals surface area contributed by atoms with E-state index in [0.717, 1.165) is 0 Å². The van der Waals surface area contributed by atoms with Crippen LogP contribution in [0.3, 0.4) is 0 Å². The van der Waals surface area contributed by atoms with Crippen molar-refractivity contribution in [2.45, 2.75) is 32.0 Å². The van der Waals surface area contributed by atoms with Gasteiger partial charge in [-0.3, -0.25) is 0 Å². The second-order valence-electron chi connectivity index (χ2n) is 4.19. The van der Waals surface area contributed by atoms with Crippen molar-refractivity contribution < 1.29 is 18.9 Å². The van der Waals surface area contributed by atoms with Crippen molar-refractivity contribution in [3.63, 3.8) is 0 Å². The van der Waals surface area contributed by atoms with Gasteiger partial charge in [-0.25, -0.2) is 0 Å². The van der Waals surface area contributed by atoms with Gasteiger partial charge in [-0.05, 0) is 18.1 Å². The van der Waals surface area contributed by atoms with Crippen LogP contribution < -0.4 is 0 Å². The molecule has 0 aliphatic carbocycles. The van der Waals surface area contributed by atoms with Crippen LogP contribution in [0.5, 0.6) is 0 Å². The Balaban J connectivity index is 2.14. The fourth-order valence-corrected chi connectivity index (χ4v) is 2.08. The van der Waals surface area contributed by atoms with Crippen LogP contribution in [0, 0.1) is 5.92 Å². The maximum atomic E-state index is 5.73. The van der Waals surface area contributed by atoms with Crippen LogP contribution >= 0.6 is 0 Å². The largest absolute Gasteiger partial charge is 0.370 e. The summed E-state index contributed by atoms with van der Waals surface area (Å²) < 4.78 is 22.3. The molecule has 2 rings (SSSR count). The quantitative estimate of drug-likeness (QED) is 0.649. The van der Waals surface area contributed by atoms with Gasteiger partial charge in [-0.2, -0.15) is 0 Å². The number of hydrogen-bond donors (Lipinski definition) is 0. The van der Waals surface area contributed by atoms with E-state index < -0.39 is 5.79 Å². The standard InChI is InChI=1S/C11H18O4/c1-8(2)10-11(14-7-6-13-10)5-4-9(12-3)15-11/h4-5,8-10H,6-7H2,1-3H3. The summed E-state index contributed by atoms with van der Waals surface area (Å²) in [5.74, 6) is -0.404. The Labute approximate surface area is 90.1 Å². The van der Waals surface area contributed by atoms with Gasteiger partial charge in [-0.1, -0.05) is 13.8 Å². The minimum Gasteiger partial charge on any atom is -0.370 e. The summed E-state index contributed by atoms with van der Waals surface area (Å²) in [4.78, 5) is 0. The average Bonchev–Trinajstić information content (AvgIpc) is 2.62. The van der Waals surface area contributed by atoms with Crippen LogP contribution in [0.1, 0.15) is 13.8 Å². The smallest absolute Gasteiger partial charge is 0.218 e. The predicted molar refractivity (Wildman–Crippen MR) is 54.3 cm³/mol. The first-order valence-corrected chi connectivity index (χ1v) is 5.33. The lowest BCUT2D eigenvalue weighted by Crippen LogP contribution is -2.53. The Kier molecular flexibility index (Phi) is 3.11. The van der Waals surface area contributed by atoms with Crippen LogP contribution in [-0.2, 0) is 18.9 Å². The van der Waals surface area contributed by atoms with Crippen molar-refractivity contribution >= 4 is 0 Å². The lowest BCUT2D eigenvalue weighted by molar-refractivity contribution is -0.330. The molecular formula is C11H18O4. The van der Waals surface area contributed by atoms with Crippen molar-refractivity contribution in [1.29, 1.82) is 0 Å². The second kappa shape index (κ2) is 4.22. The van der Waals surface area contributed by atoms with Crippen LogP contribution in [-0.4, -0.2) is 38.5 Å². The van der Waals surface area contributed by atoms with E-state index in [9.17, 15) is 0 Å². The van der Waals surface area contributed by atoms with Gasteiger partial charge in [0.15, 0.2) is 6.29 Å². The van der Waals surface area contributed by atoms with Crippen molar-refractivity contribution in [2.24, 2.45) is 5.92 Å². The molecule has 1 fully saturated rings. The molecule has 4 nitrogen and oxygen atoms in total. The summed E-state index contributed by atoms with van der Waals surface area (Å²) in [6.45, 7) is 5.38. The Morgan fingerprint density at radius 2 is 2.20 bits per heavy atom. The molecule has 86 valence electrons. The molecule has 0 saturated carbocycles. The second-order valence-corrected chi connectivity index (χ2v) is 4.19. The average molecular weight is 214 g/mol. The van der Waals surface area contributed by atoms with Gasteiger partial charge >= 0.3 is 0 Å². The Morgan fingerprint density at radius 3 is 2.80 bits per heavy atom. The Hall–Kier alpha value is -0.420. The van der Waals surface area contributed by atoms with Gasteiger partial charge in [0, 0.05) is 7.11 Å². The third-order valence-corrected chi connectivity index (χ3v) is 2.73. The molecule has 0 aromatic heterocycles. The zero-order chi connectivity index (χ0) is 10.9. The molecule has 0 aromatic carbocycles. The van der Waals surface area contributed by atoms with Gasteiger partial charge in [0.1, 0.15) is 6.10 Å². The lowest BCUT2D eigenvalue weighted by atomic mass is 9.97. The molecule has 0 radical (unpaired) electrons. The van der Waals surface area contributed by atoms with E-state index >= 15 is 0 Å². The monoisotopic (exact) mass is 214 g/mol. The van der Waals surface area contributed by atoms with E-state index in [4.69, 9.17) is 18.9 Å². The predicted octanol–water partition coefficient (Wildman–Crippen LogP) is 1.31. The number of hydrogen-bond acceptors (Lipinski definition) is 4. The van der Waals surface area contributed by atoms with Crippen LogP contribution in [0.2, 0.25) is 0 Å². The summed E-state index contributed by atoms with van der Waals surface area (Å²) in [6.07, 6.45) is 3.38. The molecule has 3 unspecified atom stereocenters. The summed E-state index contributed by atoms with van der Waals surface area (Å²) in [5.41, 5.74) is 0. The minimum atomic E-state index is -0.743. The van der Waals surface area contributed by atoms with Crippen LogP contribution in [0.4, 0.5) is 0 Å². The molecule has 4 heteroatoms. The van der Waals surface area contributed by atoms with Crippen molar-refractivity contribution in [2.75, 3.05) is 20.3 Å². The summed E-state index contributed by atoms with van der Waals surface area (Å²) in [6, 6.07) is 0. The zero-order valence-corrected chi connectivity index (χ0v) is 9.43. The van der Waals surface area contributed by atoms with Crippen LogP contribution in [0.15, 0.2) is 12.2 Å². The number of rotatable bonds is 2. The summed E-state index contributed by atoms with van der Waals surface area (Å²) in [5, 5.41) is 0. The molecule has 1 saturated heterocycles. The van der Waals surface area contributed by atoms with Gasteiger partial charge in [0.2, 0.25) is 5.79 Å². The molecular weight excluding hydrogens is 196 g/mol. The summed E-state index contributed by atoms with van der Waals surface area (Å²) in [7, 11) is 1.61. The lowest BCUT2D eigenvalue weighted by Gasteiger charge is -2.41. The molecule has 2 heterocycles. The fourth-order valence-electron chi connectivity index (χ4n) is 2.08. The van der Waals surface area contributed by atoms with Crippen LogP contribution in [0.25, 0.3) is 0 Å². The normalized spacial score (nSPS) is 40.5. The molecule has 1 spiro atoms. The molecule has 2 aliphatic rings.